The highest BCUT2D eigenvalue weighted by Gasteiger charge is 2.16. The molecule has 0 N–H and O–H groups in total. The molecule has 0 atom stereocenters. The molecule has 1 aromatic carbocycles. The zero-order chi connectivity index (χ0) is 11.5. The summed E-state index contributed by atoms with van der Waals surface area (Å²) in [6.07, 6.45) is 6.51. The number of Topliss-reactive ketones (excluding diaryl/α,β-unsaturated/α-hetero) is 1. The Morgan fingerprint density at radius 2 is 1.94 bits per heavy atom. The first-order valence-electron chi connectivity index (χ1n) is 5.99. The quantitative estimate of drug-likeness (QED) is 0.687. The van der Waals surface area contributed by atoms with Gasteiger partial charge in [-0.05, 0) is 43.4 Å². The van der Waals surface area contributed by atoms with Crippen molar-refractivity contribution in [3.05, 3.63) is 34.3 Å². The lowest BCUT2D eigenvalue weighted by Gasteiger charge is -2.22. The van der Waals surface area contributed by atoms with Crippen LogP contribution in [0.15, 0.2) is 18.2 Å². The fourth-order valence-corrected chi connectivity index (χ4v) is 2.83. The van der Waals surface area contributed by atoms with Crippen molar-refractivity contribution < 1.29 is 4.79 Å². The summed E-state index contributed by atoms with van der Waals surface area (Å²) in [4.78, 5) is 11.3. The minimum absolute atomic E-state index is 0.0418. The largest absolute Gasteiger partial charge is 0.294 e. The van der Waals surface area contributed by atoms with Crippen LogP contribution in [0.3, 0.4) is 0 Å². The molecule has 1 nitrogen and oxygen atoms in total. The fraction of sp³-hybridized carbons (Fsp3) is 0.500. The van der Waals surface area contributed by atoms with E-state index in [1.54, 1.807) is 6.92 Å². The van der Waals surface area contributed by atoms with Crippen LogP contribution in [-0.4, -0.2) is 5.78 Å². The van der Waals surface area contributed by atoms with Crippen LogP contribution in [0.2, 0.25) is 5.02 Å². The lowest BCUT2D eigenvalue weighted by Crippen LogP contribution is -2.05. The zero-order valence-corrected chi connectivity index (χ0v) is 10.4. The first-order valence-corrected chi connectivity index (χ1v) is 6.36. The topological polar surface area (TPSA) is 17.1 Å². The highest BCUT2D eigenvalue weighted by molar-refractivity contribution is 6.33. The maximum absolute atomic E-state index is 11.3. The van der Waals surface area contributed by atoms with Crippen LogP contribution >= 0.6 is 11.6 Å². The summed E-state index contributed by atoms with van der Waals surface area (Å²) >= 11 is 6.12. The third-order valence-corrected chi connectivity index (χ3v) is 3.76. The molecule has 0 heterocycles. The molecule has 1 aliphatic carbocycles. The number of benzene rings is 1. The van der Waals surface area contributed by atoms with Crippen molar-refractivity contribution in [3.8, 4) is 0 Å². The zero-order valence-electron chi connectivity index (χ0n) is 9.63. The number of rotatable bonds is 2. The lowest BCUT2D eigenvalue weighted by molar-refractivity contribution is 0.101. The average molecular weight is 237 g/mol. The standard InChI is InChI=1S/C14H17ClO/c1-10(16)13-8-7-12(9-14(13)15)11-5-3-2-4-6-11/h7-9,11H,2-6H2,1H3. The van der Waals surface area contributed by atoms with Crippen LogP contribution in [0.5, 0.6) is 0 Å². The van der Waals surface area contributed by atoms with Crippen LogP contribution in [0.1, 0.15) is 60.9 Å². The van der Waals surface area contributed by atoms with Gasteiger partial charge < -0.3 is 0 Å². The predicted octanol–water partition coefficient (Wildman–Crippen LogP) is 4.59. The van der Waals surface area contributed by atoms with E-state index in [0.717, 1.165) is 0 Å². The first kappa shape index (κ1) is 11.7. The molecule has 0 radical (unpaired) electrons. The van der Waals surface area contributed by atoms with E-state index in [2.05, 4.69) is 6.07 Å². The monoisotopic (exact) mass is 236 g/mol. The average Bonchev–Trinajstić information content (AvgIpc) is 2.29. The highest BCUT2D eigenvalue weighted by Crippen LogP contribution is 2.34. The molecular weight excluding hydrogens is 220 g/mol. The van der Waals surface area contributed by atoms with Gasteiger partial charge in [-0.15, -0.1) is 0 Å². The molecule has 0 spiro atoms. The summed E-state index contributed by atoms with van der Waals surface area (Å²) in [7, 11) is 0. The van der Waals surface area contributed by atoms with Crippen LogP contribution in [0, 0.1) is 0 Å². The number of hydrogen-bond donors (Lipinski definition) is 0. The molecule has 0 aromatic heterocycles. The van der Waals surface area contributed by atoms with E-state index >= 15 is 0 Å². The third kappa shape index (κ3) is 2.46. The van der Waals surface area contributed by atoms with Gasteiger partial charge in [0.1, 0.15) is 0 Å². The molecule has 1 saturated carbocycles. The Balaban J connectivity index is 2.23. The first-order chi connectivity index (χ1) is 7.68. The van der Waals surface area contributed by atoms with Gasteiger partial charge in [-0.2, -0.15) is 0 Å². The molecular formula is C14H17ClO. The van der Waals surface area contributed by atoms with Gasteiger partial charge in [0.2, 0.25) is 0 Å². The summed E-state index contributed by atoms with van der Waals surface area (Å²) in [6, 6.07) is 5.92. The number of halogens is 1. The number of hydrogen-bond acceptors (Lipinski definition) is 1. The van der Waals surface area contributed by atoms with E-state index in [9.17, 15) is 4.79 Å². The molecule has 16 heavy (non-hydrogen) atoms. The van der Waals surface area contributed by atoms with E-state index < -0.39 is 0 Å². The number of ketones is 1. The maximum atomic E-state index is 11.3. The summed E-state index contributed by atoms with van der Waals surface area (Å²) in [5, 5.41) is 0.607. The molecule has 0 unspecified atom stereocenters. The van der Waals surface area contributed by atoms with Crippen molar-refractivity contribution in [3.63, 3.8) is 0 Å². The molecule has 86 valence electrons. The second kappa shape index (κ2) is 5.01. The van der Waals surface area contributed by atoms with Crippen molar-refractivity contribution in [1.29, 1.82) is 0 Å². The Bertz CT molecular complexity index is 392. The maximum Gasteiger partial charge on any atom is 0.161 e. The van der Waals surface area contributed by atoms with Gasteiger partial charge in [0.25, 0.3) is 0 Å². The molecule has 0 bridgehead atoms. The lowest BCUT2D eigenvalue weighted by atomic mass is 9.84. The van der Waals surface area contributed by atoms with Gasteiger partial charge in [0, 0.05) is 5.56 Å². The third-order valence-electron chi connectivity index (χ3n) is 3.45. The molecule has 1 aromatic rings. The highest BCUT2D eigenvalue weighted by atomic mass is 35.5. The smallest absolute Gasteiger partial charge is 0.161 e. The van der Waals surface area contributed by atoms with Crippen molar-refractivity contribution in [1.82, 2.24) is 0 Å². The fourth-order valence-electron chi connectivity index (χ4n) is 2.51. The van der Waals surface area contributed by atoms with Crippen LogP contribution in [0.25, 0.3) is 0 Å². The van der Waals surface area contributed by atoms with Crippen LogP contribution in [-0.2, 0) is 0 Å². The summed E-state index contributed by atoms with van der Waals surface area (Å²) in [5.41, 5.74) is 1.94. The van der Waals surface area contributed by atoms with Gasteiger partial charge in [-0.25, -0.2) is 0 Å². The molecule has 0 aliphatic heterocycles. The van der Waals surface area contributed by atoms with Gasteiger partial charge in [-0.1, -0.05) is 36.9 Å². The summed E-state index contributed by atoms with van der Waals surface area (Å²) in [6.45, 7) is 1.56. The molecule has 1 fully saturated rings. The second-order valence-corrected chi connectivity index (χ2v) is 5.04. The SMILES string of the molecule is CC(=O)c1ccc(C2CCCCC2)cc1Cl. The van der Waals surface area contributed by atoms with Gasteiger partial charge in [0.05, 0.1) is 5.02 Å². The Kier molecular flexibility index (Phi) is 3.65. The van der Waals surface area contributed by atoms with Crippen molar-refractivity contribution in [2.24, 2.45) is 0 Å². The Morgan fingerprint density at radius 3 is 2.50 bits per heavy atom. The Hall–Kier alpha value is -0.820. The van der Waals surface area contributed by atoms with E-state index in [1.807, 2.05) is 12.1 Å². The minimum atomic E-state index is 0.0418. The van der Waals surface area contributed by atoms with Crippen molar-refractivity contribution in [2.45, 2.75) is 44.9 Å². The molecule has 1 aliphatic rings. The van der Waals surface area contributed by atoms with Gasteiger partial charge in [0.15, 0.2) is 5.78 Å². The molecule has 0 saturated heterocycles. The predicted molar refractivity (Wildman–Crippen MR) is 67.3 cm³/mol. The minimum Gasteiger partial charge on any atom is -0.294 e. The molecule has 0 amide bonds. The Labute approximate surface area is 102 Å². The normalized spacial score (nSPS) is 17.4. The van der Waals surface area contributed by atoms with Crippen molar-refractivity contribution >= 4 is 17.4 Å². The van der Waals surface area contributed by atoms with Crippen molar-refractivity contribution in [2.75, 3.05) is 0 Å². The van der Waals surface area contributed by atoms with E-state index in [-0.39, 0.29) is 5.78 Å². The number of carbonyl (C=O) groups is 1. The van der Waals surface area contributed by atoms with Gasteiger partial charge in [-0.3, -0.25) is 4.79 Å². The molecule has 2 rings (SSSR count). The second-order valence-electron chi connectivity index (χ2n) is 4.63. The summed E-state index contributed by atoms with van der Waals surface area (Å²) < 4.78 is 0. The van der Waals surface area contributed by atoms with Crippen LogP contribution < -0.4 is 0 Å². The van der Waals surface area contributed by atoms with Gasteiger partial charge >= 0.3 is 0 Å². The Morgan fingerprint density at radius 1 is 1.25 bits per heavy atom. The van der Waals surface area contributed by atoms with E-state index in [4.69, 9.17) is 11.6 Å². The van der Waals surface area contributed by atoms with E-state index in [1.165, 1.54) is 37.7 Å². The summed E-state index contributed by atoms with van der Waals surface area (Å²) in [5.74, 6) is 0.687. The number of carbonyl (C=O) groups excluding carboxylic acids is 1. The van der Waals surface area contributed by atoms with Crippen LogP contribution in [0.4, 0.5) is 0 Å². The van der Waals surface area contributed by atoms with E-state index in [0.29, 0.717) is 16.5 Å². The molecule has 2 heteroatoms.